The van der Waals surface area contributed by atoms with Gasteiger partial charge in [0.15, 0.2) is 0 Å². The third-order valence-electron chi connectivity index (χ3n) is 1.86. The lowest BCUT2D eigenvalue weighted by atomic mass is 10.1. The van der Waals surface area contributed by atoms with Crippen molar-refractivity contribution in [3.8, 4) is 6.07 Å². The van der Waals surface area contributed by atoms with Crippen LogP contribution in [0.1, 0.15) is 20.3 Å². The molecule has 0 aromatic rings. The fourth-order valence-corrected chi connectivity index (χ4v) is 0.914. The molecule has 0 fully saturated rings. The Morgan fingerprint density at radius 2 is 2.33 bits per heavy atom. The highest BCUT2D eigenvalue weighted by atomic mass is 16.3. The average Bonchev–Trinajstić information content (AvgIpc) is 2.25. The van der Waals surface area contributed by atoms with Crippen LogP contribution >= 0.6 is 0 Å². The molecule has 0 bridgehead atoms. The van der Waals surface area contributed by atoms with Crippen molar-refractivity contribution in [1.29, 1.82) is 5.26 Å². The topological polar surface area (TPSA) is 73.1 Å². The van der Waals surface area contributed by atoms with E-state index in [1.165, 1.54) is 13.0 Å². The molecule has 0 saturated carbocycles. The number of aliphatic hydroxyl groups is 1. The molecule has 0 spiro atoms. The van der Waals surface area contributed by atoms with Crippen molar-refractivity contribution < 1.29 is 9.90 Å². The largest absolute Gasteiger partial charge is 0.393 e. The van der Waals surface area contributed by atoms with Gasteiger partial charge in [0.05, 0.1) is 12.7 Å². The molecule has 4 heteroatoms. The summed E-state index contributed by atoms with van der Waals surface area (Å²) in [5.74, 6) is -0.398. The number of nitrogens with one attached hydrogen (secondary N) is 1. The summed E-state index contributed by atoms with van der Waals surface area (Å²) in [4.78, 5) is 11.6. The molecule has 0 aromatic heterocycles. The first-order valence-corrected chi connectivity index (χ1v) is 4.70. The lowest BCUT2D eigenvalue weighted by Gasteiger charge is -2.20. The van der Waals surface area contributed by atoms with Crippen molar-refractivity contribution in [2.24, 2.45) is 0 Å². The monoisotopic (exact) mass is 208 g/mol. The van der Waals surface area contributed by atoms with Crippen LogP contribution in [0.2, 0.25) is 0 Å². The van der Waals surface area contributed by atoms with Gasteiger partial charge in [-0.05, 0) is 13.3 Å². The first-order chi connectivity index (χ1) is 7.02. The van der Waals surface area contributed by atoms with Crippen molar-refractivity contribution >= 4 is 5.91 Å². The number of aliphatic hydroxyl groups excluding tert-OH is 1. The summed E-state index contributed by atoms with van der Waals surface area (Å²) >= 11 is 0. The van der Waals surface area contributed by atoms with E-state index in [1.54, 1.807) is 6.08 Å². The molecule has 4 nitrogen and oxygen atoms in total. The second kappa shape index (κ2) is 5.99. The highest BCUT2D eigenvalue weighted by Gasteiger charge is 2.25. The van der Waals surface area contributed by atoms with Crippen molar-refractivity contribution in [3.63, 3.8) is 0 Å². The highest BCUT2D eigenvalue weighted by molar-refractivity contribution is 5.96. The van der Waals surface area contributed by atoms with E-state index in [9.17, 15) is 4.79 Å². The Labute approximate surface area is 89.9 Å². The quantitative estimate of drug-likeness (QED) is 0.520. The SMILES string of the molecule is C=C/C(=C\CC)C(=O)NC(C)(C#N)CO. The molecule has 0 aliphatic carbocycles. The van der Waals surface area contributed by atoms with E-state index in [0.717, 1.165) is 0 Å². The van der Waals surface area contributed by atoms with E-state index in [4.69, 9.17) is 10.4 Å². The van der Waals surface area contributed by atoms with Crippen molar-refractivity contribution in [1.82, 2.24) is 5.32 Å². The van der Waals surface area contributed by atoms with Crippen LogP contribution in [0.4, 0.5) is 0 Å². The van der Waals surface area contributed by atoms with Gasteiger partial charge in [0, 0.05) is 5.57 Å². The van der Waals surface area contributed by atoms with Crippen LogP contribution in [-0.4, -0.2) is 23.2 Å². The molecule has 82 valence electrons. The molecule has 0 heterocycles. The van der Waals surface area contributed by atoms with Gasteiger partial charge < -0.3 is 10.4 Å². The number of allylic oxidation sites excluding steroid dienone is 1. The third kappa shape index (κ3) is 3.96. The number of hydrogen-bond acceptors (Lipinski definition) is 3. The Morgan fingerprint density at radius 3 is 2.67 bits per heavy atom. The second-order valence-corrected chi connectivity index (χ2v) is 3.33. The molecule has 0 aliphatic heterocycles. The molecule has 0 aromatic carbocycles. The summed E-state index contributed by atoms with van der Waals surface area (Å²) in [6, 6.07) is 1.84. The number of rotatable bonds is 5. The molecular weight excluding hydrogens is 192 g/mol. The molecule has 0 aliphatic rings. The number of carbonyl (C=O) groups excluding carboxylic acids is 1. The number of hydrogen-bond donors (Lipinski definition) is 2. The zero-order chi connectivity index (χ0) is 11.9. The van der Waals surface area contributed by atoms with Crippen LogP contribution in [0.5, 0.6) is 0 Å². The summed E-state index contributed by atoms with van der Waals surface area (Å²) in [6.45, 7) is 6.43. The number of carbonyl (C=O) groups is 1. The van der Waals surface area contributed by atoms with Crippen molar-refractivity contribution in [2.45, 2.75) is 25.8 Å². The van der Waals surface area contributed by atoms with Crippen LogP contribution < -0.4 is 5.32 Å². The van der Waals surface area contributed by atoms with Crippen molar-refractivity contribution in [2.75, 3.05) is 6.61 Å². The second-order valence-electron chi connectivity index (χ2n) is 3.33. The van der Waals surface area contributed by atoms with Gasteiger partial charge in [-0.1, -0.05) is 25.7 Å². The maximum Gasteiger partial charge on any atom is 0.252 e. The molecule has 2 N–H and O–H groups in total. The Balaban J connectivity index is 4.69. The first kappa shape index (κ1) is 13.4. The molecule has 1 atom stereocenters. The summed E-state index contributed by atoms with van der Waals surface area (Å²) in [6.07, 6.45) is 3.84. The van der Waals surface area contributed by atoms with E-state index in [0.29, 0.717) is 12.0 Å². The van der Waals surface area contributed by atoms with E-state index in [2.05, 4.69) is 11.9 Å². The molecular formula is C11H16N2O2. The van der Waals surface area contributed by atoms with Crippen LogP contribution in [0, 0.1) is 11.3 Å². The zero-order valence-corrected chi connectivity index (χ0v) is 9.08. The summed E-state index contributed by atoms with van der Waals surface area (Å²) in [7, 11) is 0. The minimum atomic E-state index is -1.24. The number of nitrogens with zero attached hydrogens (tertiary/aromatic N) is 1. The normalized spacial score (nSPS) is 14.9. The lowest BCUT2D eigenvalue weighted by molar-refractivity contribution is -0.118. The third-order valence-corrected chi connectivity index (χ3v) is 1.86. The summed E-state index contributed by atoms with van der Waals surface area (Å²) in [5, 5.41) is 20.1. The predicted molar refractivity (Wildman–Crippen MR) is 57.8 cm³/mol. The van der Waals surface area contributed by atoms with E-state index < -0.39 is 18.1 Å². The number of amides is 1. The zero-order valence-electron chi connectivity index (χ0n) is 9.08. The first-order valence-electron chi connectivity index (χ1n) is 4.70. The Morgan fingerprint density at radius 1 is 1.73 bits per heavy atom. The minimum absolute atomic E-state index is 0.398. The van der Waals surface area contributed by atoms with E-state index in [1.807, 2.05) is 13.0 Å². The average molecular weight is 208 g/mol. The minimum Gasteiger partial charge on any atom is -0.393 e. The van der Waals surface area contributed by atoms with Gasteiger partial charge in [0.2, 0.25) is 0 Å². The van der Waals surface area contributed by atoms with Gasteiger partial charge in [-0.15, -0.1) is 0 Å². The summed E-state index contributed by atoms with van der Waals surface area (Å²) < 4.78 is 0. The standard InChI is InChI=1S/C11H16N2O2/c1-4-6-9(5-2)10(15)13-11(3,7-12)8-14/h5-6,14H,2,4,8H2,1,3H3,(H,13,15)/b9-6+. The van der Waals surface area contributed by atoms with Gasteiger partial charge in [0.1, 0.15) is 5.54 Å². The Kier molecular flexibility index (Phi) is 5.35. The van der Waals surface area contributed by atoms with Crippen LogP contribution in [0.25, 0.3) is 0 Å². The van der Waals surface area contributed by atoms with Gasteiger partial charge in [0.25, 0.3) is 5.91 Å². The molecule has 15 heavy (non-hydrogen) atoms. The van der Waals surface area contributed by atoms with Gasteiger partial charge in [-0.2, -0.15) is 5.26 Å². The Hall–Kier alpha value is -1.60. The van der Waals surface area contributed by atoms with E-state index in [-0.39, 0.29) is 0 Å². The molecule has 0 saturated heterocycles. The predicted octanol–water partition coefficient (Wildman–Crippen LogP) is 0.900. The lowest BCUT2D eigenvalue weighted by Crippen LogP contribution is -2.48. The van der Waals surface area contributed by atoms with Crippen LogP contribution in [0.15, 0.2) is 24.3 Å². The van der Waals surface area contributed by atoms with Gasteiger partial charge in [-0.3, -0.25) is 4.79 Å². The number of nitriles is 1. The smallest absolute Gasteiger partial charge is 0.252 e. The van der Waals surface area contributed by atoms with Crippen LogP contribution in [-0.2, 0) is 4.79 Å². The van der Waals surface area contributed by atoms with Crippen molar-refractivity contribution in [3.05, 3.63) is 24.3 Å². The molecule has 1 amide bonds. The maximum absolute atomic E-state index is 11.6. The van der Waals surface area contributed by atoms with Crippen LogP contribution in [0.3, 0.4) is 0 Å². The highest BCUT2D eigenvalue weighted by Crippen LogP contribution is 2.04. The maximum atomic E-state index is 11.6. The molecule has 0 radical (unpaired) electrons. The molecule has 1 unspecified atom stereocenters. The van der Waals surface area contributed by atoms with Gasteiger partial charge in [-0.25, -0.2) is 0 Å². The van der Waals surface area contributed by atoms with E-state index >= 15 is 0 Å². The fourth-order valence-electron chi connectivity index (χ4n) is 0.914. The van der Waals surface area contributed by atoms with Gasteiger partial charge >= 0.3 is 0 Å². The molecule has 0 rings (SSSR count). The fraction of sp³-hybridized carbons (Fsp3) is 0.455. The Bertz CT molecular complexity index is 315. The summed E-state index contributed by atoms with van der Waals surface area (Å²) in [5.41, 5.74) is -0.833.